The van der Waals surface area contributed by atoms with Crippen LogP contribution in [0.15, 0.2) is 36.4 Å². The van der Waals surface area contributed by atoms with Crippen LogP contribution in [0.25, 0.3) is 43.1 Å². The minimum Gasteiger partial charge on any atom is -0.496 e. The van der Waals surface area contributed by atoms with Gasteiger partial charge in [0.25, 0.3) is 23.6 Å². The van der Waals surface area contributed by atoms with Crippen LogP contribution < -0.4 is 9.47 Å². The van der Waals surface area contributed by atoms with Gasteiger partial charge in [-0.1, -0.05) is 12.1 Å². The van der Waals surface area contributed by atoms with E-state index < -0.39 is 11.8 Å². The zero-order chi connectivity index (χ0) is 25.2. The van der Waals surface area contributed by atoms with E-state index in [2.05, 4.69) is 0 Å². The van der Waals surface area contributed by atoms with E-state index in [0.29, 0.717) is 66.1 Å². The van der Waals surface area contributed by atoms with Crippen LogP contribution in [0.2, 0.25) is 0 Å². The van der Waals surface area contributed by atoms with Crippen molar-refractivity contribution in [3.05, 3.63) is 58.7 Å². The van der Waals surface area contributed by atoms with E-state index in [1.165, 1.54) is 28.3 Å². The number of imide groups is 2. The molecule has 0 spiro atoms. The van der Waals surface area contributed by atoms with Gasteiger partial charge >= 0.3 is 0 Å². The maximum Gasteiger partial charge on any atom is 0.261 e. The Morgan fingerprint density at radius 1 is 0.500 bits per heavy atom. The van der Waals surface area contributed by atoms with Crippen molar-refractivity contribution in [2.24, 2.45) is 0 Å². The summed E-state index contributed by atoms with van der Waals surface area (Å²) in [5, 5.41) is 5.41. The van der Waals surface area contributed by atoms with Crippen LogP contribution in [0.4, 0.5) is 0 Å². The average Bonchev–Trinajstić information content (AvgIpc) is 2.90. The summed E-state index contributed by atoms with van der Waals surface area (Å²) in [5.41, 5.74) is 1.61. The number of hydrogen-bond acceptors (Lipinski definition) is 6. The smallest absolute Gasteiger partial charge is 0.261 e. The lowest BCUT2D eigenvalue weighted by atomic mass is 9.81. The van der Waals surface area contributed by atoms with Gasteiger partial charge in [0.1, 0.15) is 11.5 Å². The highest BCUT2D eigenvalue weighted by Crippen LogP contribution is 2.51. The first kappa shape index (κ1) is 20.6. The molecule has 0 fully saturated rings. The Labute approximate surface area is 203 Å². The Hall–Kier alpha value is -4.72. The standard InChI is InChI=1S/C28H18N2O6/c1-29-25(31)13-7-5-11-12-6-8-14-20-16(28(34)30(2)26(14)32)10-18(36-4)24(22(12)20)23-17(35-3)9-15(27(29)33)19(13)21(11)23/h5-10H,1-4H3. The monoisotopic (exact) mass is 478 g/mol. The summed E-state index contributed by atoms with van der Waals surface area (Å²) in [7, 11) is 5.97. The predicted octanol–water partition coefficient (Wildman–Crippen LogP) is 4.21. The van der Waals surface area contributed by atoms with E-state index in [1.807, 2.05) is 12.1 Å². The molecular formula is C28H18N2O6. The van der Waals surface area contributed by atoms with Gasteiger partial charge in [-0.2, -0.15) is 0 Å². The maximum absolute atomic E-state index is 13.2. The van der Waals surface area contributed by atoms with Crippen molar-refractivity contribution in [1.82, 2.24) is 9.80 Å². The molecule has 0 atom stereocenters. The van der Waals surface area contributed by atoms with E-state index in [0.717, 1.165) is 20.6 Å². The predicted molar refractivity (Wildman–Crippen MR) is 134 cm³/mol. The summed E-state index contributed by atoms with van der Waals surface area (Å²) in [4.78, 5) is 54.6. The van der Waals surface area contributed by atoms with Crippen LogP contribution in [0.1, 0.15) is 41.4 Å². The molecule has 0 saturated carbocycles. The highest BCUT2D eigenvalue weighted by molar-refractivity contribution is 6.42. The Balaban J connectivity index is 1.85. The number of hydrogen-bond donors (Lipinski definition) is 0. The normalized spacial score (nSPS) is 15.3. The summed E-state index contributed by atoms with van der Waals surface area (Å²) in [6.07, 6.45) is 0. The SMILES string of the molecule is COc1cc2c3c(ccc4c5ccc6c7c(cc(OC)c(c1c34)c75)C(=O)N(C)C6=O)C(=O)N(C)C2=O. The molecule has 36 heavy (non-hydrogen) atoms. The van der Waals surface area contributed by atoms with Gasteiger partial charge in [0.15, 0.2) is 0 Å². The number of benzene rings is 5. The summed E-state index contributed by atoms with van der Waals surface area (Å²) in [6.45, 7) is 0. The van der Waals surface area contributed by atoms with Crippen LogP contribution in [0, 0.1) is 0 Å². The topological polar surface area (TPSA) is 93.2 Å². The highest BCUT2D eigenvalue weighted by atomic mass is 16.5. The number of methoxy groups -OCH3 is 2. The quantitative estimate of drug-likeness (QED) is 0.214. The fourth-order valence-electron chi connectivity index (χ4n) is 5.95. The molecule has 0 unspecified atom stereocenters. The molecule has 0 N–H and O–H groups in total. The fraction of sp³-hybridized carbons (Fsp3) is 0.143. The number of fused-ring (bicyclic) bond motifs is 2. The third-order valence-corrected chi connectivity index (χ3v) is 7.61. The van der Waals surface area contributed by atoms with Crippen molar-refractivity contribution in [2.75, 3.05) is 28.3 Å². The summed E-state index contributed by atoms with van der Waals surface area (Å²) in [6, 6.07) is 10.5. The van der Waals surface area contributed by atoms with Crippen molar-refractivity contribution in [3.63, 3.8) is 0 Å². The number of rotatable bonds is 2. The molecule has 0 aliphatic carbocycles. The zero-order valence-electron chi connectivity index (χ0n) is 19.8. The fourth-order valence-corrected chi connectivity index (χ4v) is 5.95. The van der Waals surface area contributed by atoms with Gasteiger partial charge < -0.3 is 9.47 Å². The first-order valence-electron chi connectivity index (χ1n) is 11.3. The van der Waals surface area contributed by atoms with Crippen molar-refractivity contribution in [1.29, 1.82) is 0 Å². The molecule has 0 radical (unpaired) electrons. The Bertz CT molecular complexity index is 1780. The minimum absolute atomic E-state index is 0.377. The lowest BCUT2D eigenvalue weighted by Gasteiger charge is -2.29. The van der Waals surface area contributed by atoms with Crippen LogP contribution in [-0.2, 0) is 0 Å². The lowest BCUT2D eigenvalue weighted by Crippen LogP contribution is -2.37. The number of nitrogens with zero attached hydrogens (tertiary/aromatic N) is 2. The van der Waals surface area contributed by atoms with Crippen LogP contribution in [0.3, 0.4) is 0 Å². The lowest BCUT2D eigenvalue weighted by molar-refractivity contribution is 0.0635. The molecule has 0 bridgehead atoms. The average molecular weight is 478 g/mol. The van der Waals surface area contributed by atoms with Crippen LogP contribution >= 0.6 is 0 Å². The molecule has 2 heterocycles. The molecule has 5 aromatic carbocycles. The second kappa shape index (κ2) is 6.48. The molecule has 176 valence electrons. The van der Waals surface area contributed by atoms with Crippen LogP contribution in [0.5, 0.6) is 11.5 Å². The molecule has 8 nitrogen and oxygen atoms in total. The Kier molecular flexibility index (Phi) is 3.72. The molecule has 7 rings (SSSR count). The largest absolute Gasteiger partial charge is 0.496 e. The summed E-state index contributed by atoms with van der Waals surface area (Å²) >= 11 is 0. The third-order valence-electron chi connectivity index (χ3n) is 7.61. The molecule has 5 aromatic rings. The molecule has 2 aliphatic rings. The van der Waals surface area contributed by atoms with Gasteiger partial charge in [0.05, 0.1) is 25.3 Å². The number of ether oxygens (including phenoxy) is 2. The van der Waals surface area contributed by atoms with Gasteiger partial charge in [-0.3, -0.25) is 29.0 Å². The third kappa shape index (κ3) is 2.11. The minimum atomic E-state index is -0.406. The molecular weight excluding hydrogens is 460 g/mol. The maximum atomic E-state index is 13.2. The second-order valence-electron chi connectivity index (χ2n) is 9.16. The molecule has 0 saturated heterocycles. The van der Waals surface area contributed by atoms with Gasteiger partial charge in [-0.25, -0.2) is 0 Å². The first-order valence-corrected chi connectivity index (χ1v) is 11.3. The Morgan fingerprint density at radius 2 is 0.861 bits per heavy atom. The highest BCUT2D eigenvalue weighted by Gasteiger charge is 2.36. The molecule has 4 amide bonds. The number of amides is 4. The van der Waals surface area contributed by atoms with E-state index in [-0.39, 0.29) is 11.8 Å². The van der Waals surface area contributed by atoms with Gasteiger partial charge in [-0.15, -0.1) is 0 Å². The van der Waals surface area contributed by atoms with Crippen molar-refractivity contribution in [3.8, 4) is 11.5 Å². The van der Waals surface area contributed by atoms with Crippen molar-refractivity contribution >= 4 is 66.7 Å². The molecule has 0 aromatic heterocycles. The Morgan fingerprint density at radius 3 is 1.22 bits per heavy atom. The van der Waals surface area contributed by atoms with Crippen molar-refractivity contribution < 1.29 is 28.7 Å². The van der Waals surface area contributed by atoms with Crippen molar-refractivity contribution in [2.45, 2.75) is 0 Å². The molecule has 2 aliphatic heterocycles. The second-order valence-corrected chi connectivity index (χ2v) is 9.16. The van der Waals surface area contributed by atoms with Gasteiger partial charge in [0, 0.05) is 57.5 Å². The van der Waals surface area contributed by atoms with Gasteiger partial charge in [-0.05, 0) is 35.0 Å². The van der Waals surface area contributed by atoms with Gasteiger partial charge in [0.2, 0.25) is 0 Å². The summed E-state index contributed by atoms with van der Waals surface area (Å²) < 4.78 is 11.6. The van der Waals surface area contributed by atoms with E-state index in [1.54, 1.807) is 24.3 Å². The molecule has 8 heteroatoms. The number of carbonyl (C=O) groups is 4. The van der Waals surface area contributed by atoms with E-state index in [4.69, 9.17) is 9.47 Å². The number of carbonyl (C=O) groups excluding carboxylic acids is 4. The van der Waals surface area contributed by atoms with E-state index >= 15 is 0 Å². The zero-order valence-corrected chi connectivity index (χ0v) is 19.8. The summed E-state index contributed by atoms with van der Waals surface area (Å²) in [5.74, 6) is -0.701. The van der Waals surface area contributed by atoms with E-state index in [9.17, 15) is 19.2 Å². The first-order chi connectivity index (χ1) is 17.3. The van der Waals surface area contributed by atoms with Crippen LogP contribution in [-0.4, -0.2) is 61.7 Å².